The van der Waals surface area contributed by atoms with E-state index in [0.29, 0.717) is 23.5 Å². The lowest BCUT2D eigenvalue weighted by Gasteiger charge is -2.12. The van der Waals surface area contributed by atoms with Crippen molar-refractivity contribution in [2.45, 2.75) is 36.8 Å². The molecule has 1 atom stereocenters. The van der Waals surface area contributed by atoms with Gasteiger partial charge in [0.05, 0.1) is 17.4 Å². The van der Waals surface area contributed by atoms with Crippen LogP contribution in [0.2, 0.25) is 0 Å². The van der Waals surface area contributed by atoms with E-state index in [9.17, 15) is 9.59 Å². The van der Waals surface area contributed by atoms with Gasteiger partial charge >= 0.3 is 5.97 Å². The van der Waals surface area contributed by atoms with Crippen LogP contribution < -0.4 is 11.1 Å². The van der Waals surface area contributed by atoms with Crippen molar-refractivity contribution >= 4 is 35.0 Å². The lowest BCUT2D eigenvalue weighted by molar-refractivity contribution is -0.115. The zero-order chi connectivity index (χ0) is 18.9. The number of ether oxygens (including phenoxy) is 1. The summed E-state index contributed by atoms with van der Waals surface area (Å²) in [4.78, 5) is 25.2. The summed E-state index contributed by atoms with van der Waals surface area (Å²) in [5, 5.41) is 2.59. The molecule has 0 fully saturated rings. The van der Waals surface area contributed by atoms with Crippen LogP contribution in [0.15, 0.2) is 53.4 Å². The Bertz CT molecular complexity index is 730. The number of hydrogen-bond acceptors (Lipinski definition) is 5. The second kappa shape index (κ2) is 9.87. The monoisotopic (exact) mass is 372 g/mol. The van der Waals surface area contributed by atoms with Crippen LogP contribution in [0.1, 0.15) is 37.0 Å². The fourth-order valence-corrected chi connectivity index (χ4v) is 3.00. The number of thioether (sulfide) groups is 1. The standard InChI is InChI=1S/C20H24N2O3S/c1-3-4-13-25-20(24)15-5-9-17(10-6-15)22-19(23)14(2)26-18-11-7-16(21)8-12-18/h5-12,14H,3-4,13,21H2,1-2H3,(H,22,23). The summed E-state index contributed by atoms with van der Waals surface area (Å²) in [6.45, 7) is 4.31. The number of unbranched alkanes of at least 4 members (excludes halogenated alkanes) is 1. The van der Waals surface area contributed by atoms with Crippen molar-refractivity contribution in [1.82, 2.24) is 0 Å². The van der Waals surface area contributed by atoms with Gasteiger partial charge < -0.3 is 15.8 Å². The molecule has 0 aliphatic carbocycles. The molecule has 6 heteroatoms. The van der Waals surface area contributed by atoms with Crippen LogP contribution in [0.4, 0.5) is 11.4 Å². The largest absolute Gasteiger partial charge is 0.462 e. The van der Waals surface area contributed by atoms with Gasteiger partial charge in [0.15, 0.2) is 0 Å². The number of amides is 1. The first-order valence-corrected chi connectivity index (χ1v) is 9.48. The molecule has 0 aliphatic rings. The highest BCUT2D eigenvalue weighted by Crippen LogP contribution is 2.25. The summed E-state index contributed by atoms with van der Waals surface area (Å²) in [5.74, 6) is -0.450. The van der Waals surface area contributed by atoms with E-state index in [0.717, 1.165) is 17.7 Å². The highest BCUT2D eigenvalue weighted by molar-refractivity contribution is 8.00. The van der Waals surface area contributed by atoms with Crippen LogP contribution in [0.25, 0.3) is 0 Å². The molecule has 3 N–H and O–H groups in total. The third-order valence-corrected chi connectivity index (χ3v) is 4.79. The predicted molar refractivity (Wildman–Crippen MR) is 106 cm³/mol. The third-order valence-electron chi connectivity index (χ3n) is 3.68. The number of nitrogens with one attached hydrogen (secondary N) is 1. The van der Waals surface area contributed by atoms with Gasteiger partial charge in [0, 0.05) is 16.3 Å². The number of benzene rings is 2. The fraction of sp³-hybridized carbons (Fsp3) is 0.300. The first kappa shape index (κ1) is 19.8. The Hall–Kier alpha value is -2.47. The molecule has 26 heavy (non-hydrogen) atoms. The molecule has 138 valence electrons. The molecule has 2 aromatic carbocycles. The Kier molecular flexibility index (Phi) is 7.53. The zero-order valence-electron chi connectivity index (χ0n) is 15.0. The van der Waals surface area contributed by atoms with Gasteiger partial charge in [-0.25, -0.2) is 4.79 Å². The summed E-state index contributed by atoms with van der Waals surface area (Å²) < 4.78 is 5.16. The quantitative estimate of drug-likeness (QED) is 0.312. The van der Waals surface area contributed by atoms with Gasteiger partial charge in [-0.3, -0.25) is 4.79 Å². The lowest BCUT2D eigenvalue weighted by Crippen LogP contribution is -2.22. The summed E-state index contributed by atoms with van der Waals surface area (Å²) in [5.41, 5.74) is 7.48. The lowest BCUT2D eigenvalue weighted by atomic mass is 10.2. The van der Waals surface area contributed by atoms with Crippen molar-refractivity contribution in [3.63, 3.8) is 0 Å². The predicted octanol–water partition coefficient (Wildman–Crippen LogP) is 4.35. The number of carbonyl (C=O) groups excluding carboxylic acids is 2. The third kappa shape index (κ3) is 6.11. The van der Waals surface area contributed by atoms with Crippen molar-refractivity contribution in [2.24, 2.45) is 0 Å². The first-order valence-electron chi connectivity index (χ1n) is 8.60. The number of rotatable bonds is 8. The minimum absolute atomic E-state index is 0.106. The van der Waals surface area contributed by atoms with Gasteiger partial charge in [0.25, 0.3) is 0 Å². The summed E-state index contributed by atoms with van der Waals surface area (Å²) in [7, 11) is 0. The number of hydrogen-bond donors (Lipinski definition) is 2. The molecule has 0 aliphatic heterocycles. The minimum Gasteiger partial charge on any atom is -0.462 e. The van der Waals surface area contributed by atoms with E-state index in [4.69, 9.17) is 10.5 Å². The number of nitrogen functional groups attached to an aromatic ring is 1. The van der Waals surface area contributed by atoms with Crippen molar-refractivity contribution in [1.29, 1.82) is 0 Å². The molecule has 0 bridgehead atoms. The second-order valence-corrected chi connectivity index (χ2v) is 7.30. The van der Waals surface area contributed by atoms with E-state index >= 15 is 0 Å². The molecule has 2 rings (SSSR count). The van der Waals surface area contributed by atoms with E-state index in [2.05, 4.69) is 5.32 Å². The van der Waals surface area contributed by atoms with Crippen LogP contribution >= 0.6 is 11.8 Å². The molecule has 1 amide bonds. The van der Waals surface area contributed by atoms with Crippen LogP contribution in [0, 0.1) is 0 Å². The van der Waals surface area contributed by atoms with Gasteiger partial charge in [-0.1, -0.05) is 13.3 Å². The summed E-state index contributed by atoms with van der Waals surface area (Å²) in [6.07, 6.45) is 1.83. The first-order chi connectivity index (χ1) is 12.5. The molecule has 0 radical (unpaired) electrons. The van der Waals surface area contributed by atoms with Crippen molar-refractivity contribution in [2.75, 3.05) is 17.7 Å². The number of anilines is 2. The maximum absolute atomic E-state index is 12.3. The minimum atomic E-state index is -0.344. The molecule has 0 saturated heterocycles. The van der Waals surface area contributed by atoms with E-state index < -0.39 is 0 Å². The molecule has 2 aromatic rings. The van der Waals surface area contributed by atoms with E-state index in [1.54, 1.807) is 24.3 Å². The van der Waals surface area contributed by atoms with Gasteiger partial charge in [-0.15, -0.1) is 11.8 Å². The number of nitrogens with two attached hydrogens (primary N) is 1. The molecule has 0 aromatic heterocycles. The Morgan fingerprint density at radius 2 is 1.77 bits per heavy atom. The molecule has 0 spiro atoms. The van der Waals surface area contributed by atoms with E-state index in [1.807, 2.05) is 38.1 Å². The van der Waals surface area contributed by atoms with E-state index in [-0.39, 0.29) is 17.1 Å². The van der Waals surface area contributed by atoms with Gasteiger partial charge in [-0.05, 0) is 61.9 Å². The maximum Gasteiger partial charge on any atom is 0.338 e. The van der Waals surface area contributed by atoms with Gasteiger partial charge in [-0.2, -0.15) is 0 Å². The average Bonchev–Trinajstić information content (AvgIpc) is 2.64. The normalized spacial score (nSPS) is 11.6. The van der Waals surface area contributed by atoms with Gasteiger partial charge in [0.1, 0.15) is 0 Å². The topological polar surface area (TPSA) is 81.4 Å². The smallest absolute Gasteiger partial charge is 0.338 e. The van der Waals surface area contributed by atoms with Gasteiger partial charge in [0.2, 0.25) is 5.91 Å². The Balaban J connectivity index is 1.88. The SMILES string of the molecule is CCCCOC(=O)c1ccc(NC(=O)C(C)Sc2ccc(N)cc2)cc1. The zero-order valence-corrected chi connectivity index (χ0v) is 15.8. The molecular weight excluding hydrogens is 348 g/mol. The molecule has 1 unspecified atom stereocenters. The summed E-state index contributed by atoms with van der Waals surface area (Å²) >= 11 is 1.46. The van der Waals surface area contributed by atoms with E-state index in [1.165, 1.54) is 11.8 Å². The molecule has 0 saturated carbocycles. The Labute approximate surface area is 158 Å². The van der Waals surface area contributed by atoms with Crippen LogP contribution in [-0.4, -0.2) is 23.7 Å². The van der Waals surface area contributed by atoms with Crippen molar-refractivity contribution < 1.29 is 14.3 Å². The summed E-state index contributed by atoms with van der Waals surface area (Å²) in [6, 6.07) is 14.1. The van der Waals surface area contributed by atoms with Crippen molar-refractivity contribution in [3.8, 4) is 0 Å². The second-order valence-electron chi connectivity index (χ2n) is 5.89. The van der Waals surface area contributed by atoms with Crippen LogP contribution in [-0.2, 0) is 9.53 Å². The van der Waals surface area contributed by atoms with Crippen molar-refractivity contribution in [3.05, 3.63) is 54.1 Å². The molecular formula is C20H24N2O3S. The Morgan fingerprint density at radius 1 is 1.12 bits per heavy atom. The van der Waals surface area contributed by atoms with Crippen LogP contribution in [0.5, 0.6) is 0 Å². The molecule has 0 heterocycles. The Morgan fingerprint density at radius 3 is 2.38 bits per heavy atom. The number of carbonyl (C=O) groups is 2. The number of esters is 1. The highest BCUT2D eigenvalue weighted by Gasteiger charge is 2.15. The highest BCUT2D eigenvalue weighted by atomic mass is 32.2. The maximum atomic E-state index is 12.3. The fourth-order valence-electron chi connectivity index (χ4n) is 2.13. The molecule has 5 nitrogen and oxygen atoms in total. The average molecular weight is 372 g/mol. The van der Waals surface area contributed by atoms with Crippen LogP contribution in [0.3, 0.4) is 0 Å².